The van der Waals surface area contributed by atoms with Crippen LogP contribution in [0.25, 0.3) is 21.6 Å². The van der Waals surface area contributed by atoms with Crippen molar-refractivity contribution in [1.82, 2.24) is 19.2 Å². The minimum absolute atomic E-state index is 0.101. The molecule has 0 unspecified atom stereocenters. The van der Waals surface area contributed by atoms with Crippen LogP contribution in [0.4, 0.5) is 4.39 Å². The van der Waals surface area contributed by atoms with E-state index in [4.69, 9.17) is 0 Å². The van der Waals surface area contributed by atoms with Crippen LogP contribution in [-0.2, 0) is 16.4 Å². The summed E-state index contributed by atoms with van der Waals surface area (Å²) in [5.41, 5.74) is 1.98. The lowest BCUT2D eigenvalue weighted by molar-refractivity contribution is 0.0698. The molecular weight excluding hydrogens is 515 g/mol. The molecule has 0 aliphatic carbocycles. The van der Waals surface area contributed by atoms with Crippen LogP contribution in [-0.4, -0.2) is 59.7 Å². The molecule has 11 heteroatoms. The zero-order valence-electron chi connectivity index (χ0n) is 20.3. The summed E-state index contributed by atoms with van der Waals surface area (Å²) >= 11 is 1.50. The van der Waals surface area contributed by atoms with Crippen LogP contribution in [0.2, 0.25) is 0 Å². The Hall–Kier alpha value is -3.41. The first kappa shape index (κ1) is 25.2. The summed E-state index contributed by atoms with van der Waals surface area (Å²) in [6.45, 7) is 4.68. The van der Waals surface area contributed by atoms with Crippen LogP contribution in [0.15, 0.2) is 58.2 Å². The van der Waals surface area contributed by atoms with Crippen molar-refractivity contribution in [1.29, 1.82) is 0 Å². The lowest BCUT2D eigenvalue weighted by Crippen LogP contribution is -2.50. The number of aromatic amines is 1. The molecule has 0 spiro atoms. The third-order valence-electron chi connectivity index (χ3n) is 6.58. The van der Waals surface area contributed by atoms with Gasteiger partial charge >= 0.3 is 0 Å². The number of piperazine rings is 1. The number of hydrogen-bond acceptors (Lipinski definition) is 6. The Labute approximate surface area is 217 Å². The minimum Gasteiger partial charge on any atom is -0.336 e. The summed E-state index contributed by atoms with van der Waals surface area (Å²) < 4.78 is 40.4. The van der Waals surface area contributed by atoms with E-state index in [0.29, 0.717) is 27.2 Å². The van der Waals surface area contributed by atoms with Crippen molar-refractivity contribution in [2.75, 3.05) is 26.2 Å². The van der Waals surface area contributed by atoms with Gasteiger partial charge in [-0.1, -0.05) is 25.1 Å². The highest BCUT2D eigenvalue weighted by atomic mass is 32.2. The van der Waals surface area contributed by atoms with Gasteiger partial charge in [0.05, 0.1) is 10.3 Å². The van der Waals surface area contributed by atoms with E-state index < -0.39 is 15.8 Å². The molecule has 2 aromatic carbocycles. The molecule has 1 aliphatic rings. The molecule has 5 rings (SSSR count). The Morgan fingerprint density at radius 2 is 1.81 bits per heavy atom. The Morgan fingerprint density at radius 1 is 1.11 bits per heavy atom. The molecule has 0 saturated carbocycles. The predicted molar refractivity (Wildman–Crippen MR) is 141 cm³/mol. The number of fused-ring (bicyclic) bond motifs is 1. The van der Waals surface area contributed by atoms with E-state index in [2.05, 4.69) is 9.97 Å². The van der Waals surface area contributed by atoms with Crippen LogP contribution in [0.5, 0.6) is 0 Å². The fraction of sp³-hybridized carbons (Fsp3) is 0.269. The van der Waals surface area contributed by atoms with Crippen molar-refractivity contribution < 1.29 is 17.6 Å². The van der Waals surface area contributed by atoms with Crippen LogP contribution >= 0.6 is 11.3 Å². The smallest absolute Gasteiger partial charge is 0.260 e. The average Bonchev–Trinajstić information content (AvgIpc) is 3.23. The molecule has 0 bridgehead atoms. The number of aromatic nitrogens is 2. The van der Waals surface area contributed by atoms with Crippen LogP contribution < -0.4 is 5.56 Å². The fourth-order valence-corrected chi connectivity index (χ4v) is 7.17. The molecule has 0 atom stereocenters. The Balaban J connectivity index is 1.29. The van der Waals surface area contributed by atoms with Gasteiger partial charge in [0, 0.05) is 42.2 Å². The molecule has 1 amide bonds. The zero-order valence-corrected chi connectivity index (χ0v) is 22.0. The molecule has 3 heterocycles. The summed E-state index contributed by atoms with van der Waals surface area (Å²) in [5.74, 6) is -0.391. The number of aryl methyl sites for hydroxylation is 2. The Kier molecular flexibility index (Phi) is 6.69. The molecule has 2 aromatic heterocycles. The summed E-state index contributed by atoms with van der Waals surface area (Å²) in [7, 11) is -3.84. The van der Waals surface area contributed by atoms with Gasteiger partial charge in [0.25, 0.3) is 11.5 Å². The van der Waals surface area contributed by atoms with E-state index in [0.717, 1.165) is 22.9 Å². The monoisotopic (exact) mass is 540 g/mol. The summed E-state index contributed by atoms with van der Waals surface area (Å²) in [5, 5.41) is 0.638. The van der Waals surface area contributed by atoms with E-state index in [9.17, 15) is 22.4 Å². The lowest BCUT2D eigenvalue weighted by atomic mass is 10.1. The van der Waals surface area contributed by atoms with Crippen molar-refractivity contribution in [3.05, 3.63) is 80.7 Å². The highest BCUT2D eigenvalue weighted by Gasteiger charge is 2.30. The van der Waals surface area contributed by atoms with Crippen LogP contribution in [0.3, 0.4) is 0 Å². The molecule has 1 fully saturated rings. The average molecular weight is 541 g/mol. The van der Waals surface area contributed by atoms with E-state index in [1.54, 1.807) is 29.2 Å². The van der Waals surface area contributed by atoms with Crippen molar-refractivity contribution >= 4 is 37.5 Å². The number of nitrogens with zero attached hydrogens (tertiary/aromatic N) is 3. The van der Waals surface area contributed by atoms with Gasteiger partial charge in [-0.05, 0) is 49.2 Å². The highest BCUT2D eigenvalue weighted by molar-refractivity contribution is 7.89. The molecule has 8 nitrogen and oxygen atoms in total. The van der Waals surface area contributed by atoms with Crippen molar-refractivity contribution in [3.8, 4) is 11.4 Å². The predicted octanol–water partition coefficient (Wildman–Crippen LogP) is 3.81. The van der Waals surface area contributed by atoms with Crippen molar-refractivity contribution in [2.45, 2.75) is 25.2 Å². The molecule has 0 radical (unpaired) electrons. The second-order valence-electron chi connectivity index (χ2n) is 8.82. The summed E-state index contributed by atoms with van der Waals surface area (Å²) in [6.07, 6.45) is 0.762. The summed E-state index contributed by atoms with van der Waals surface area (Å²) in [6, 6.07) is 11.7. The van der Waals surface area contributed by atoms with E-state index in [1.807, 2.05) is 13.8 Å². The first-order valence-corrected chi connectivity index (χ1v) is 14.1. The Bertz CT molecular complexity index is 1650. The molecule has 1 saturated heterocycles. The topological polar surface area (TPSA) is 103 Å². The third-order valence-corrected chi connectivity index (χ3v) is 9.52. The largest absolute Gasteiger partial charge is 0.336 e. The van der Waals surface area contributed by atoms with Gasteiger partial charge in [-0.15, -0.1) is 11.3 Å². The lowest BCUT2D eigenvalue weighted by Gasteiger charge is -2.34. The first-order chi connectivity index (χ1) is 17.7. The maximum absolute atomic E-state index is 13.5. The fourth-order valence-electron chi connectivity index (χ4n) is 4.60. The maximum Gasteiger partial charge on any atom is 0.260 e. The molecule has 192 valence electrons. The van der Waals surface area contributed by atoms with Crippen LogP contribution in [0, 0.1) is 12.7 Å². The second-order valence-corrected chi connectivity index (χ2v) is 12.0. The standard InChI is InChI=1S/C26H25FN4O4S2/c1-3-21-16(2)36-25-22(21)24(32)28-23(29-25)17-7-9-18(10-8-17)26(33)30-11-13-31(14-12-30)37(34,35)20-6-4-5-19(27)15-20/h4-10,15H,3,11-14H2,1-2H3,(H,28,29,32). The number of H-pyrrole nitrogens is 1. The number of hydrogen-bond donors (Lipinski definition) is 1. The van der Waals surface area contributed by atoms with E-state index in [-0.39, 0.29) is 42.5 Å². The molecule has 37 heavy (non-hydrogen) atoms. The number of halogens is 1. The number of nitrogens with one attached hydrogen (secondary N) is 1. The number of carbonyl (C=O) groups excluding carboxylic acids is 1. The van der Waals surface area contributed by atoms with Crippen molar-refractivity contribution in [3.63, 3.8) is 0 Å². The normalized spacial score (nSPS) is 14.8. The molecule has 1 aliphatic heterocycles. The summed E-state index contributed by atoms with van der Waals surface area (Å²) in [4.78, 5) is 36.6. The van der Waals surface area contributed by atoms with Gasteiger partial charge in [0.2, 0.25) is 10.0 Å². The van der Waals surface area contributed by atoms with Gasteiger partial charge in [0.15, 0.2) is 0 Å². The zero-order chi connectivity index (χ0) is 26.3. The van der Waals surface area contributed by atoms with Gasteiger partial charge in [0.1, 0.15) is 16.5 Å². The third kappa shape index (κ3) is 4.70. The number of thiophene rings is 1. The number of amides is 1. The minimum atomic E-state index is -3.84. The number of rotatable bonds is 5. The number of carbonyl (C=O) groups is 1. The second kappa shape index (κ2) is 9.81. The molecule has 4 aromatic rings. The van der Waals surface area contributed by atoms with Gasteiger partial charge < -0.3 is 9.88 Å². The van der Waals surface area contributed by atoms with E-state index in [1.165, 1.54) is 33.8 Å². The molecular formula is C26H25FN4O4S2. The van der Waals surface area contributed by atoms with Gasteiger partial charge in [-0.2, -0.15) is 4.31 Å². The van der Waals surface area contributed by atoms with Crippen molar-refractivity contribution in [2.24, 2.45) is 0 Å². The maximum atomic E-state index is 13.5. The Morgan fingerprint density at radius 3 is 2.46 bits per heavy atom. The van der Waals surface area contributed by atoms with Gasteiger partial charge in [-0.25, -0.2) is 17.8 Å². The highest BCUT2D eigenvalue weighted by Crippen LogP contribution is 2.29. The van der Waals surface area contributed by atoms with Crippen LogP contribution in [0.1, 0.15) is 27.7 Å². The first-order valence-electron chi connectivity index (χ1n) is 11.9. The number of benzene rings is 2. The number of sulfonamides is 1. The van der Waals surface area contributed by atoms with E-state index >= 15 is 0 Å². The quantitative estimate of drug-likeness (QED) is 0.415. The van der Waals surface area contributed by atoms with Gasteiger partial charge in [-0.3, -0.25) is 9.59 Å². The SMILES string of the molecule is CCc1c(C)sc2nc(-c3ccc(C(=O)N4CCN(S(=O)(=O)c5cccc(F)c5)CC4)cc3)[nH]c(=O)c12. The molecule has 1 N–H and O–H groups in total.